The molecule has 23 heavy (non-hydrogen) atoms. The summed E-state index contributed by atoms with van der Waals surface area (Å²) in [7, 11) is 0. The number of carbonyl (C=O) groups is 1. The second-order valence-corrected chi connectivity index (χ2v) is 6.12. The molecule has 1 atom stereocenters. The van der Waals surface area contributed by atoms with E-state index >= 15 is 0 Å². The predicted molar refractivity (Wildman–Crippen MR) is 97.6 cm³/mol. The minimum absolute atomic E-state index is 0. The molecule has 1 unspecified atom stereocenters. The summed E-state index contributed by atoms with van der Waals surface area (Å²) in [6.07, 6.45) is 3.92. The lowest BCUT2D eigenvalue weighted by Crippen LogP contribution is -2.51. The van der Waals surface area contributed by atoms with Crippen molar-refractivity contribution in [1.29, 1.82) is 0 Å². The average Bonchev–Trinajstić information content (AvgIpc) is 2.97. The quantitative estimate of drug-likeness (QED) is 0.895. The SMILES string of the molecule is CC1CN(C(=O)Cc2csc(-c3cccnc3)n2)CCN1.Cl.Cl. The Morgan fingerprint density at radius 1 is 1.48 bits per heavy atom. The van der Waals surface area contributed by atoms with Crippen molar-refractivity contribution in [1.82, 2.24) is 20.2 Å². The highest BCUT2D eigenvalue weighted by Crippen LogP contribution is 2.23. The summed E-state index contributed by atoms with van der Waals surface area (Å²) in [6, 6.07) is 4.24. The van der Waals surface area contributed by atoms with Gasteiger partial charge in [-0.1, -0.05) is 0 Å². The Bertz CT molecular complexity index is 623. The number of rotatable bonds is 3. The van der Waals surface area contributed by atoms with Gasteiger partial charge >= 0.3 is 0 Å². The summed E-state index contributed by atoms with van der Waals surface area (Å²) < 4.78 is 0. The first-order valence-corrected chi connectivity index (χ1v) is 7.96. The average molecular weight is 375 g/mol. The lowest BCUT2D eigenvalue weighted by molar-refractivity contribution is -0.131. The fourth-order valence-electron chi connectivity index (χ4n) is 2.44. The number of hydrogen-bond donors (Lipinski definition) is 1. The van der Waals surface area contributed by atoms with Gasteiger partial charge < -0.3 is 10.2 Å². The molecular weight excluding hydrogens is 355 g/mol. The van der Waals surface area contributed by atoms with E-state index in [0.717, 1.165) is 35.9 Å². The van der Waals surface area contributed by atoms with Crippen molar-refractivity contribution in [3.63, 3.8) is 0 Å². The van der Waals surface area contributed by atoms with Gasteiger partial charge in [-0.05, 0) is 19.1 Å². The van der Waals surface area contributed by atoms with Crippen molar-refractivity contribution in [2.45, 2.75) is 19.4 Å². The molecule has 0 bridgehead atoms. The van der Waals surface area contributed by atoms with Gasteiger partial charge in [-0.15, -0.1) is 36.2 Å². The summed E-state index contributed by atoms with van der Waals surface area (Å²) >= 11 is 1.56. The Labute approximate surface area is 152 Å². The maximum Gasteiger partial charge on any atom is 0.228 e. The topological polar surface area (TPSA) is 58.1 Å². The van der Waals surface area contributed by atoms with Gasteiger partial charge in [0.25, 0.3) is 0 Å². The molecule has 3 rings (SSSR count). The Balaban J connectivity index is 0.00000132. The Hall–Kier alpha value is -1.21. The first kappa shape index (κ1) is 19.8. The second kappa shape index (κ2) is 9.17. The van der Waals surface area contributed by atoms with Crippen LogP contribution < -0.4 is 5.32 Å². The molecule has 2 aromatic rings. The molecule has 0 radical (unpaired) electrons. The van der Waals surface area contributed by atoms with Gasteiger partial charge in [-0.3, -0.25) is 9.78 Å². The smallest absolute Gasteiger partial charge is 0.228 e. The van der Waals surface area contributed by atoms with Gasteiger partial charge in [0.05, 0.1) is 12.1 Å². The van der Waals surface area contributed by atoms with E-state index in [9.17, 15) is 4.79 Å². The first-order valence-electron chi connectivity index (χ1n) is 7.08. The predicted octanol–water partition coefficient (Wildman–Crippen LogP) is 2.41. The van der Waals surface area contributed by atoms with E-state index in [1.165, 1.54) is 0 Å². The largest absolute Gasteiger partial charge is 0.340 e. The number of carbonyl (C=O) groups excluding carboxylic acids is 1. The maximum atomic E-state index is 12.3. The number of halogens is 2. The lowest BCUT2D eigenvalue weighted by Gasteiger charge is -2.31. The van der Waals surface area contributed by atoms with Crippen molar-refractivity contribution < 1.29 is 4.79 Å². The summed E-state index contributed by atoms with van der Waals surface area (Å²) in [4.78, 5) is 22.9. The fraction of sp³-hybridized carbons (Fsp3) is 0.400. The summed E-state index contributed by atoms with van der Waals surface area (Å²) in [5.41, 5.74) is 1.84. The van der Waals surface area contributed by atoms with Gasteiger partial charge in [-0.25, -0.2) is 4.98 Å². The van der Waals surface area contributed by atoms with E-state index in [4.69, 9.17) is 0 Å². The number of thiazole rings is 1. The molecule has 1 aliphatic rings. The number of piperazine rings is 1. The van der Waals surface area contributed by atoms with Gasteiger partial charge in [0.1, 0.15) is 5.01 Å². The van der Waals surface area contributed by atoms with Crippen LogP contribution in [-0.4, -0.2) is 46.5 Å². The molecule has 1 aliphatic heterocycles. The number of nitrogens with zero attached hydrogens (tertiary/aromatic N) is 3. The van der Waals surface area contributed by atoms with Gasteiger partial charge in [0, 0.05) is 49.0 Å². The third-order valence-electron chi connectivity index (χ3n) is 3.51. The number of nitrogens with one attached hydrogen (secondary N) is 1. The zero-order valence-corrected chi connectivity index (χ0v) is 15.2. The molecule has 2 aromatic heterocycles. The number of amides is 1. The van der Waals surface area contributed by atoms with Crippen molar-refractivity contribution >= 4 is 42.1 Å². The van der Waals surface area contributed by atoms with Crippen LogP contribution in [0.1, 0.15) is 12.6 Å². The molecule has 0 spiro atoms. The van der Waals surface area contributed by atoms with Crippen LogP contribution in [0.15, 0.2) is 29.9 Å². The van der Waals surface area contributed by atoms with Crippen molar-refractivity contribution in [2.24, 2.45) is 0 Å². The van der Waals surface area contributed by atoms with Crippen LogP contribution in [0, 0.1) is 0 Å². The van der Waals surface area contributed by atoms with Crippen LogP contribution >= 0.6 is 36.2 Å². The zero-order chi connectivity index (χ0) is 14.7. The number of hydrogen-bond acceptors (Lipinski definition) is 5. The van der Waals surface area contributed by atoms with Gasteiger partial charge in [0.15, 0.2) is 0 Å². The minimum Gasteiger partial charge on any atom is -0.340 e. The highest BCUT2D eigenvalue weighted by molar-refractivity contribution is 7.13. The molecule has 8 heteroatoms. The highest BCUT2D eigenvalue weighted by atomic mass is 35.5. The molecule has 0 aliphatic carbocycles. The van der Waals surface area contributed by atoms with E-state index in [1.807, 2.05) is 22.4 Å². The second-order valence-electron chi connectivity index (χ2n) is 5.26. The van der Waals surface area contributed by atoms with Crippen LogP contribution in [0.5, 0.6) is 0 Å². The van der Waals surface area contributed by atoms with Crippen LogP contribution in [-0.2, 0) is 11.2 Å². The van der Waals surface area contributed by atoms with E-state index in [2.05, 4.69) is 22.2 Å². The van der Waals surface area contributed by atoms with E-state index in [-0.39, 0.29) is 30.7 Å². The molecule has 1 saturated heterocycles. The Kier molecular flexibility index (Phi) is 7.91. The molecule has 1 N–H and O–H groups in total. The summed E-state index contributed by atoms with van der Waals surface area (Å²) in [5.74, 6) is 0.159. The van der Waals surface area contributed by atoms with Crippen LogP contribution in [0.4, 0.5) is 0 Å². The van der Waals surface area contributed by atoms with E-state index < -0.39 is 0 Å². The standard InChI is InChI=1S/C15H18N4OS.2ClH/c1-11-9-19(6-5-17-11)14(20)7-13-10-21-15(18-13)12-3-2-4-16-8-12;;/h2-4,8,10-11,17H,5-7,9H2,1H3;2*1H. The molecule has 1 fully saturated rings. The molecule has 0 saturated carbocycles. The summed E-state index contributed by atoms with van der Waals surface area (Å²) in [6.45, 7) is 4.52. The van der Waals surface area contributed by atoms with Gasteiger partial charge in [0.2, 0.25) is 5.91 Å². The first-order chi connectivity index (χ1) is 10.2. The highest BCUT2D eigenvalue weighted by Gasteiger charge is 2.21. The van der Waals surface area contributed by atoms with Crippen LogP contribution in [0.2, 0.25) is 0 Å². The Morgan fingerprint density at radius 2 is 2.30 bits per heavy atom. The van der Waals surface area contributed by atoms with Crippen molar-refractivity contribution in [2.75, 3.05) is 19.6 Å². The normalized spacial score (nSPS) is 17.1. The molecule has 126 valence electrons. The molecule has 1 amide bonds. The monoisotopic (exact) mass is 374 g/mol. The van der Waals surface area contributed by atoms with E-state index in [1.54, 1.807) is 23.7 Å². The number of aromatic nitrogens is 2. The molecule has 5 nitrogen and oxygen atoms in total. The third kappa shape index (κ3) is 5.14. The zero-order valence-electron chi connectivity index (χ0n) is 12.8. The van der Waals surface area contributed by atoms with Crippen molar-refractivity contribution in [3.8, 4) is 10.6 Å². The fourth-order valence-corrected chi connectivity index (χ4v) is 3.25. The molecule has 3 heterocycles. The van der Waals surface area contributed by atoms with Gasteiger partial charge in [-0.2, -0.15) is 0 Å². The minimum atomic E-state index is 0. The molecular formula is C15H20Cl2N4OS. The summed E-state index contributed by atoms with van der Waals surface area (Å²) in [5, 5.41) is 6.22. The molecule has 0 aromatic carbocycles. The third-order valence-corrected chi connectivity index (χ3v) is 4.45. The van der Waals surface area contributed by atoms with Crippen LogP contribution in [0.3, 0.4) is 0 Å². The lowest BCUT2D eigenvalue weighted by atomic mass is 10.2. The van der Waals surface area contributed by atoms with Crippen LogP contribution in [0.25, 0.3) is 10.6 Å². The number of pyridine rings is 1. The van der Waals surface area contributed by atoms with Crippen molar-refractivity contribution in [3.05, 3.63) is 35.6 Å². The maximum absolute atomic E-state index is 12.3. The van der Waals surface area contributed by atoms with E-state index in [0.29, 0.717) is 12.5 Å². The Morgan fingerprint density at radius 3 is 3.00 bits per heavy atom.